The molecule has 0 spiro atoms. The highest BCUT2D eigenvalue weighted by molar-refractivity contribution is 7.73. The molecule has 0 saturated heterocycles. The van der Waals surface area contributed by atoms with Crippen molar-refractivity contribution < 1.29 is 15.0 Å². The van der Waals surface area contributed by atoms with E-state index in [0.717, 1.165) is 22.5 Å². The van der Waals surface area contributed by atoms with Crippen LogP contribution in [0, 0.1) is 3.95 Å². The fourth-order valence-corrected chi connectivity index (χ4v) is 3.94. The predicted octanol–water partition coefficient (Wildman–Crippen LogP) is 4.50. The molecule has 0 bridgehead atoms. The number of nitrogens with zero attached hydrogens (tertiary/aromatic N) is 2. The lowest BCUT2D eigenvalue weighted by Gasteiger charge is -2.04. The van der Waals surface area contributed by atoms with Gasteiger partial charge in [-0.1, -0.05) is 18.2 Å². The number of aromatic nitrogens is 1. The summed E-state index contributed by atoms with van der Waals surface area (Å²) in [7, 11) is 0. The van der Waals surface area contributed by atoms with Gasteiger partial charge in [0.25, 0.3) is 0 Å². The Balaban J connectivity index is 1.93. The zero-order valence-corrected chi connectivity index (χ0v) is 14.7. The summed E-state index contributed by atoms with van der Waals surface area (Å²) in [5, 5.41) is 19.2. The summed E-state index contributed by atoms with van der Waals surface area (Å²) < 4.78 is 2.12. The number of thiazole rings is 1. The van der Waals surface area contributed by atoms with Gasteiger partial charge in [0.1, 0.15) is 0 Å². The Hall–Kier alpha value is -2.25. The van der Waals surface area contributed by atoms with Crippen molar-refractivity contribution in [2.75, 3.05) is 0 Å². The number of allylic oxidation sites excluding steroid dienone is 1. The topological polar surface area (TPSA) is 74.8 Å². The molecule has 3 rings (SSSR count). The zero-order valence-electron chi connectivity index (χ0n) is 13.0. The van der Waals surface area contributed by atoms with Crippen molar-refractivity contribution >= 4 is 52.6 Å². The normalized spacial score (nSPS) is 14.7. The van der Waals surface area contributed by atoms with Crippen molar-refractivity contribution in [3.8, 4) is 5.88 Å². The summed E-state index contributed by atoms with van der Waals surface area (Å²) in [6, 6.07) is 7.86. The van der Waals surface area contributed by atoms with Crippen LogP contribution in [0.15, 0.2) is 29.3 Å². The van der Waals surface area contributed by atoms with E-state index in [0.29, 0.717) is 21.8 Å². The number of carboxylic acid groups (broad SMARTS) is 1. The molecule has 2 aromatic rings. The van der Waals surface area contributed by atoms with Gasteiger partial charge in [-0.3, -0.25) is 14.4 Å². The monoisotopic (exact) mass is 360 g/mol. The van der Waals surface area contributed by atoms with Crippen molar-refractivity contribution in [2.45, 2.75) is 26.3 Å². The average Bonchev–Trinajstić information content (AvgIpc) is 2.98. The Morgan fingerprint density at radius 3 is 2.92 bits per heavy atom. The number of carbonyl (C=O) groups is 1. The minimum absolute atomic E-state index is 0.0482. The first kappa shape index (κ1) is 16.6. The fourth-order valence-electron chi connectivity index (χ4n) is 2.64. The molecule has 5 nitrogen and oxygen atoms in total. The van der Waals surface area contributed by atoms with Gasteiger partial charge in [-0.25, -0.2) is 0 Å². The Bertz CT molecular complexity index is 922. The molecule has 24 heavy (non-hydrogen) atoms. The molecule has 1 aromatic heterocycles. The second-order valence-corrected chi connectivity index (χ2v) is 7.15. The van der Waals surface area contributed by atoms with E-state index in [-0.39, 0.29) is 12.3 Å². The summed E-state index contributed by atoms with van der Waals surface area (Å²) in [5.74, 6) is -0.770. The molecule has 0 aliphatic carbocycles. The van der Waals surface area contributed by atoms with Gasteiger partial charge in [-0.15, -0.1) is 11.3 Å². The number of aromatic hydroxyl groups is 1. The molecule has 2 heterocycles. The number of aliphatic imine (C=N–C) groups is 1. The number of rotatable bonds is 5. The van der Waals surface area contributed by atoms with Crippen molar-refractivity contribution in [2.24, 2.45) is 4.99 Å². The molecule has 0 fully saturated rings. The molecule has 2 N–H and O–H groups in total. The summed E-state index contributed by atoms with van der Waals surface area (Å²) >= 11 is 6.61. The fraction of sp³-hybridized carbons (Fsp3) is 0.235. The summed E-state index contributed by atoms with van der Waals surface area (Å²) in [4.78, 5) is 15.8. The van der Waals surface area contributed by atoms with Crippen LogP contribution in [0.5, 0.6) is 5.88 Å². The third-order valence-electron chi connectivity index (χ3n) is 3.81. The Labute approximate surface area is 148 Å². The highest BCUT2D eigenvalue weighted by atomic mass is 32.1. The van der Waals surface area contributed by atoms with Crippen LogP contribution in [-0.4, -0.2) is 26.5 Å². The summed E-state index contributed by atoms with van der Waals surface area (Å²) in [6.07, 6.45) is 2.37. The zero-order chi connectivity index (χ0) is 17.3. The third kappa shape index (κ3) is 3.18. The van der Waals surface area contributed by atoms with Crippen molar-refractivity contribution in [3.63, 3.8) is 0 Å². The molecule has 1 aliphatic rings. The van der Waals surface area contributed by atoms with Gasteiger partial charge in [0.2, 0.25) is 5.88 Å². The molecule has 0 saturated carbocycles. The number of carboxylic acids is 1. The van der Waals surface area contributed by atoms with Gasteiger partial charge in [-0.05, 0) is 37.7 Å². The minimum Gasteiger partial charge on any atom is -0.493 e. The molecular formula is C17H16N2O3S2. The molecule has 0 amide bonds. The SMILES string of the molecule is CC1=Nc2ccccc2/C1=C/c1sc(=S)n(CCCC(=O)O)c1O. The number of para-hydroxylation sites is 1. The molecule has 0 radical (unpaired) electrons. The van der Waals surface area contributed by atoms with Crippen LogP contribution >= 0.6 is 23.6 Å². The Kier molecular flexibility index (Phi) is 4.64. The highest BCUT2D eigenvalue weighted by Crippen LogP contribution is 2.38. The maximum Gasteiger partial charge on any atom is 0.303 e. The van der Waals surface area contributed by atoms with Crippen LogP contribution in [0.3, 0.4) is 0 Å². The number of benzene rings is 1. The third-order valence-corrected chi connectivity index (χ3v) is 5.20. The van der Waals surface area contributed by atoms with Gasteiger partial charge < -0.3 is 10.2 Å². The standard InChI is InChI=1S/C17H16N2O3S2/c1-10-12(11-5-2-3-6-13(11)18-10)9-14-16(22)19(17(23)24-14)8-4-7-15(20)21/h2-3,5-6,9,22H,4,7-8H2,1H3,(H,20,21)/b12-9+. The second kappa shape index (κ2) is 6.70. The first-order chi connectivity index (χ1) is 11.5. The van der Waals surface area contributed by atoms with Crippen molar-refractivity contribution in [1.82, 2.24) is 4.57 Å². The molecule has 1 aliphatic heterocycles. The Morgan fingerprint density at radius 2 is 2.17 bits per heavy atom. The van der Waals surface area contributed by atoms with E-state index < -0.39 is 5.97 Å². The quantitative estimate of drug-likeness (QED) is 0.770. The molecular weight excluding hydrogens is 344 g/mol. The lowest BCUT2D eigenvalue weighted by atomic mass is 10.0. The lowest BCUT2D eigenvalue weighted by molar-refractivity contribution is -0.137. The smallest absolute Gasteiger partial charge is 0.303 e. The molecule has 0 atom stereocenters. The molecule has 1 aromatic carbocycles. The first-order valence-corrected chi connectivity index (χ1v) is 8.71. The van der Waals surface area contributed by atoms with Gasteiger partial charge >= 0.3 is 5.97 Å². The van der Waals surface area contributed by atoms with E-state index >= 15 is 0 Å². The molecule has 0 unspecified atom stereocenters. The molecule has 7 heteroatoms. The lowest BCUT2D eigenvalue weighted by Crippen LogP contribution is -2.01. The summed E-state index contributed by atoms with van der Waals surface area (Å²) in [5.41, 5.74) is 3.82. The van der Waals surface area contributed by atoms with Crippen LogP contribution in [0.1, 0.15) is 30.2 Å². The van der Waals surface area contributed by atoms with E-state index in [2.05, 4.69) is 4.99 Å². The van der Waals surface area contributed by atoms with Gasteiger partial charge in [0, 0.05) is 29.8 Å². The van der Waals surface area contributed by atoms with E-state index in [1.165, 1.54) is 11.3 Å². The number of hydrogen-bond acceptors (Lipinski definition) is 5. The van der Waals surface area contributed by atoms with E-state index in [1.54, 1.807) is 4.57 Å². The van der Waals surface area contributed by atoms with Crippen LogP contribution in [-0.2, 0) is 11.3 Å². The van der Waals surface area contributed by atoms with E-state index in [1.807, 2.05) is 37.3 Å². The van der Waals surface area contributed by atoms with Crippen LogP contribution in [0.4, 0.5) is 5.69 Å². The predicted molar refractivity (Wildman–Crippen MR) is 98.8 cm³/mol. The van der Waals surface area contributed by atoms with E-state index in [9.17, 15) is 9.90 Å². The maximum absolute atomic E-state index is 10.6. The summed E-state index contributed by atoms with van der Waals surface area (Å²) in [6.45, 7) is 2.33. The largest absolute Gasteiger partial charge is 0.493 e. The minimum atomic E-state index is -0.854. The number of hydrogen-bond donors (Lipinski definition) is 2. The average molecular weight is 360 g/mol. The Morgan fingerprint density at radius 1 is 1.42 bits per heavy atom. The first-order valence-electron chi connectivity index (χ1n) is 7.48. The maximum atomic E-state index is 10.6. The second-order valence-electron chi connectivity index (χ2n) is 5.48. The highest BCUT2D eigenvalue weighted by Gasteiger charge is 2.19. The van der Waals surface area contributed by atoms with Crippen LogP contribution in [0.25, 0.3) is 11.6 Å². The van der Waals surface area contributed by atoms with Gasteiger partial charge in [-0.2, -0.15) is 0 Å². The number of fused-ring (bicyclic) bond motifs is 1. The van der Waals surface area contributed by atoms with Gasteiger partial charge in [0.15, 0.2) is 3.95 Å². The number of aliphatic carboxylic acids is 1. The van der Waals surface area contributed by atoms with Crippen LogP contribution < -0.4 is 0 Å². The van der Waals surface area contributed by atoms with Crippen molar-refractivity contribution in [3.05, 3.63) is 38.7 Å². The van der Waals surface area contributed by atoms with Crippen molar-refractivity contribution in [1.29, 1.82) is 0 Å². The van der Waals surface area contributed by atoms with Crippen LogP contribution in [0.2, 0.25) is 0 Å². The molecule has 124 valence electrons. The van der Waals surface area contributed by atoms with E-state index in [4.69, 9.17) is 17.3 Å². The van der Waals surface area contributed by atoms with Gasteiger partial charge in [0.05, 0.1) is 10.6 Å².